The molecular formula is C9H16O3S. The summed E-state index contributed by atoms with van der Waals surface area (Å²) in [5.41, 5.74) is 0. The molecule has 0 amide bonds. The highest BCUT2D eigenvalue weighted by molar-refractivity contribution is 7.99. The second-order valence-corrected chi connectivity index (χ2v) is 4.47. The number of hydrogen-bond donors (Lipinski definition) is 1. The molecule has 4 heteroatoms. The van der Waals surface area contributed by atoms with Gasteiger partial charge in [-0.05, 0) is 30.3 Å². The van der Waals surface area contributed by atoms with Gasteiger partial charge in [0.05, 0.1) is 19.6 Å². The van der Waals surface area contributed by atoms with Crippen LogP contribution in [0.4, 0.5) is 0 Å². The number of carbonyl (C=O) groups is 1. The second kappa shape index (κ2) is 5.50. The van der Waals surface area contributed by atoms with Crippen LogP contribution in [-0.4, -0.2) is 35.8 Å². The predicted octanol–water partition coefficient (Wildman–Crippen LogP) is 1.05. The van der Waals surface area contributed by atoms with Crippen molar-refractivity contribution in [2.24, 2.45) is 5.92 Å². The molecule has 3 nitrogen and oxygen atoms in total. The van der Waals surface area contributed by atoms with Crippen LogP contribution in [0.25, 0.3) is 0 Å². The minimum atomic E-state index is -0.514. The van der Waals surface area contributed by atoms with E-state index in [0.717, 1.165) is 18.6 Å². The van der Waals surface area contributed by atoms with Gasteiger partial charge < -0.3 is 9.84 Å². The molecule has 0 spiro atoms. The van der Waals surface area contributed by atoms with Crippen LogP contribution < -0.4 is 0 Å². The van der Waals surface area contributed by atoms with Crippen molar-refractivity contribution in [3.63, 3.8) is 0 Å². The largest absolute Gasteiger partial charge is 0.469 e. The molecule has 1 N–H and O–H groups in total. The van der Waals surface area contributed by atoms with Gasteiger partial charge >= 0.3 is 5.97 Å². The Morgan fingerprint density at radius 3 is 3.08 bits per heavy atom. The van der Waals surface area contributed by atoms with Crippen molar-refractivity contribution >= 4 is 17.7 Å². The smallest absolute Gasteiger partial charge is 0.308 e. The van der Waals surface area contributed by atoms with Gasteiger partial charge in [-0.25, -0.2) is 0 Å². The molecule has 0 saturated carbocycles. The Balaban J connectivity index is 2.28. The molecule has 0 bridgehead atoms. The van der Waals surface area contributed by atoms with E-state index in [1.165, 1.54) is 12.9 Å². The highest BCUT2D eigenvalue weighted by atomic mass is 32.2. The van der Waals surface area contributed by atoms with Gasteiger partial charge in [-0.15, -0.1) is 0 Å². The average Bonchev–Trinajstić information content (AvgIpc) is 2.19. The Bertz CT molecular complexity index is 166. The molecule has 0 aromatic heterocycles. The van der Waals surface area contributed by atoms with Crippen molar-refractivity contribution in [2.45, 2.75) is 25.4 Å². The second-order valence-electron chi connectivity index (χ2n) is 3.32. The number of esters is 1. The van der Waals surface area contributed by atoms with E-state index in [0.29, 0.717) is 0 Å². The zero-order chi connectivity index (χ0) is 9.68. The summed E-state index contributed by atoms with van der Waals surface area (Å²) in [5.74, 6) is 2.11. The minimum Gasteiger partial charge on any atom is -0.469 e. The first kappa shape index (κ1) is 10.9. The lowest BCUT2D eigenvalue weighted by molar-refractivity contribution is -0.143. The van der Waals surface area contributed by atoms with E-state index in [9.17, 15) is 9.90 Å². The summed E-state index contributed by atoms with van der Waals surface area (Å²) >= 11 is 1.85. The van der Waals surface area contributed by atoms with E-state index in [4.69, 9.17) is 0 Å². The van der Waals surface area contributed by atoms with Gasteiger partial charge in [0.25, 0.3) is 0 Å². The van der Waals surface area contributed by atoms with Crippen LogP contribution in [0.1, 0.15) is 19.3 Å². The topological polar surface area (TPSA) is 46.5 Å². The van der Waals surface area contributed by atoms with Gasteiger partial charge in [-0.3, -0.25) is 4.79 Å². The van der Waals surface area contributed by atoms with E-state index in [1.807, 2.05) is 11.8 Å². The molecule has 13 heavy (non-hydrogen) atoms. The fourth-order valence-electron chi connectivity index (χ4n) is 1.49. The molecule has 76 valence electrons. The normalized spacial score (nSPS) is 25.2. The van der Waals surface area contributed by atoms with Crippen LogP contribution in [0, 0.1) is 5.92 Å². The summed E-state index contributed by atoms with van der Waals surface area (Å²) in [5, 5.41) is 9.66. The minimum absolute atomic E-state index is 0.141. The van der Waals surface area contributed by atoms with Gasteiger partial charge in [0.2, 0.25) is 0 Å². The zero-order valence-corrected chi connectivity index (χ0v) is 8.68. The lowest BCUT2D eigenvalue weighted by Gasteiger charge is -2.25. The fraction of sp³-hybridized carbons (Fsp3) is 0.889. The first-order chi connectivity index (χ1) is 6.24. The van der Waals surface area contributed by atoms with Gasteiger partial charge in [0, 0.05) is 0 Å². The van der Waals surface area contributed by atoms with Crippen molar-refractivity contribution in [2.75, 3.05) is 18.6 Å². The summed E-state index contributed by atoms with van der Waals surface area (Å²) in [6.45, 7) is 0. The van der Waals surface area contributed by atoms with Gasteiger partial charge in [0.15, 0.2) is 0 Å². The molecular weight excluding hydrogens is 188 g/mol. The Morgan fingerprint density at radius 2 is 2.54 bits per heavy atom. The van der Waals surface area contributed by atoms with Crippen molar-refractivity contribution in [3.8, 4) is 0 Å². The zero-order valence-electron chi connectivity index (χ0n) is 7.86. The first-order valence-corrected chi connectivity index (χ1v) is 5.72. The van der Waals surface area contributed by atoms with Crippen LogP contribution in [-0.2, 0) is 9.53 Å². The maximum absolute atomic E-state index is 10.9. The number of hydrogen-bond acceptors (Lipinski definition) is 4. The molecule has 1 rings (SSSR count). The van der Waals surface area contributed by atoms with E-state index in [2.05, 4.69) is 4.74 Å². The van der Waals surface area contributed by atoms with Gasteiger partial charge in [0.1, 0.15) is 0 Å². The van der Waals surface area contributed by atoms with Crippen molar-refractivity contribution in [1.82, 2.24) is 0 Å². The third-order valence-electron chi connectivity index (χ3n) is 2.34. The van der Waals surface area contributed by atoms with E-state index in [1.54, 1.807) is 0 Å². The molecule has 1 heterocycles. The first-order valence-electron chi connectivity index (χ1n) is 4.56. The summed E-state index contributed by atoms with van der Waals surface area (Å²) in [6.07, 6.45) is 1.81. The fourth-order valence-corrected chi connectivity index (χ4v) is 2.72. The summed E-state index contributed by atoms with van der Waals surface area (Å²) in [4.78, 5) is 10.9. The third kappa shape index (κ3) is 3.56. The molecule has 1 fully saturated rings. The van der Waals surface area contributed by atoms with Gasteiger partial charge in [-0.1, -0.05) is 0 Å². The molecule has 1 saturated heterocycles. The molecule has 1 aliphatic heterocycles. The SMILES string of the molecule is COC(=O)CC(O)C1CCCSC1. The lowest BCUT2D eigenvalue weighted by Crippen LogP contribution is -2.28. The molecule has 2 atom stereocenters. The number of methoxy groups -OCH3 is 1. The Hall–Kier alpha value is -0.220. The van der Waals surface area contributed by atoms with E-state index in [-0.39, 0.29) is 18.3 Å². The highest BCUT2D eigenvalue weighted by Crippen LogP contribution is 2.26. The summed E-state index contributed by atoms with van der Waals surface area (Å²) < 4.78 is 4.51. The van der Waals surface area contributed by atoms with Crippen LogP contribution in [0.5, 0.6) is 0 Å². The Morgan fingerprint density at radius 1 is 1.77 bits per heavy atom. The Labute approximate surface area is 82.8 Å². The maximum atomic E-state index is 10.9. The number of carbonyl (C=O) groups excluding carboxylic acids is 1. The molecule has 0 aliphatic carbocycles. The quantitative estimate of drug-likeness (QED) is 0.698. The van der Waals surface area contributed by atoms with Gasteiger partial charge in [-0.2, -0.15) is 11.8 Å². The molecule has 0 radical (unpaired) electrons. The number of ether oxygens (including phenoxy) is 1. The molecule has 0 aromatic carbocycles. The van der Waals surface area contributed by atoms with Crippen molar-refractivity contribution in [3.05, 3.63) is 0 Å². The predicted molar refractivity (Wildman–Crippen MR) is 52.7 cm³/mol. The van der Waals surface area contributed by atoms with Crippen LogP contribution >= 0.6 is 11.8 Å². The van der Waals surface area contributed by atoms with E-state index < -0.39 is 6.10 Å². The van der Waals surface area contributed by atoms with E-state index >= 15 is 0 Å². The molecule has 2 unspecified atom stereocenters. The highest BCUT2D eigenvalue weighted by Gasteiger charge is 2.24. The average molecular weight is 204 g/mol. The number of thioether (sulfide) groups is 1. The van der Waals surface area contributed by atoms with Crippen LogP contribution in [0.3, 0.4) is 0 Å². The Kier molecular flexibility index (Phi) is 4.59. The molecule has 1 aliphatic rings. The monoisotopic (exact) mass is 204 g/mol. The third-order valence-corrected chi connectivity index (χ3v) is 3.58. The van der Waals surface area contributed by atoms with Crippen LogP contribution in [0.2, 0.25) is 0 Å². The lowest BCUT2D eigenvalue weighted by atomic mass is 9.96. The standard InChI is InChI=1S/C9H16O3S/c1-12-9(11)5-8(10)7-3-2-4-13-6-7/h7-8,10H,2-6H2,1H3. The summed E-state index contributed by atoms with van der Waals surface area (Å²) in [7, 11) is 1.35. The van der Waals surface area contributed by atoms with Crippen LogP contribution in [0.15, 0.2) is 0 Å². The van der Waals surface area contributed by atoms with Crippen molar-refractivity contribution < 1.29 is 14.6 Å². The number of aliphatic hydroxyl groups excluding tert-OH is 1. The number of aliphatic hydroxyl groups is 1. The maximum Gasteiger partial charge on any atom is 0.308 e. The molecule has 0 aromatic rings. The van der Waals surface area contributed by atoms with Crippen molar-refractivity contribution in [1.29, 1.82) is 0 Å². The summed E-state index contributed by atoms with van der Waals surface area (Å²) in [6, 6.07) is 0. The number of rotatable bonds is 3.